The minimum Gasteiger partial charge on any atom is -0.308 e. The van der Waals surface area contributed by atoms with Crippen LogP contribution >= 0.6 is 0 Å². The van der Waals surface area contributed by atoms with Crippen LogP contribution < -0.4 is 0 Å². The Hall–Kier alpha value is -2.25. The van der Waals surface area contributed by atoms with E-state index < -0.39 is 29.5 Å². The number of nitrogens with zero attached hydrogens (tertiary/aromatic N) is 2. The van der Waals surface area contributed by atoms with E-state index in [1.54, 1.807) is 19.1 Å². The summed E-state index contributed by atoms with van der Waals surface area (Å²) in [4.78, 5) is 16.1. The van der Waals surface area contributed by atoms with Crippen molar-refractivity contribution in [3.05, 3.63) is 41.6 Å². The van der Waals surface area contributed by atoms with Gasteiger partial charge in [-0.05, 0) is 24.6 Å². The van der Waals surface area contributed by atoms with Crippen molar-refractivity contribution in [3.63, 3.8) is 0 Å². The van der Waals surface area contributed by atoms with Crippen molar-refractivity contribution >= 4 is 17.8 Å². The molecule has 8 heteroatoms. The molecule has 1 aromatic rings. The largest absolute Gasteiger partial charge is 0.455 e. The Balaban J connectivity index is 2.23. The van der Waals surface area contributed by atoms with Crippen molar-refractivity contribution in [1.29, 1.82) is 0 Å². The number of rotatable bonds is 1. The number of alkyl halides is 5. The first-order valence-electron chi connectivity index (χ1n) is 7.10. The molecule has 0 saturated heterocycles. The first kappa shape index (κ1) is 16.6. The zero-order valence-electron chi connectivity index (χ0n) is 12.7. The van der Waals surface area contributed by atoms with Gasteiger partial charge in [0.15, 0.2) is 0 Å². The molecule has 3 nitrogen and oxygen atoms in total. The Morgan fingerprint density at radius 2 is 1.92 bits per heavy atom. The molecule has 1 spiro atoms. The molecule has 2 atom stereocenters. The zero-order valence-corrected chi connectivity index (χ0v) is 12.7. The van der Waals surface area contributed by atoms with Gasteiger partial charge in [-0.15, -0.1) is 0 Å². The van der Waals surface area contributed by atoms with Gasteiger partial charge in [0, 0.05) is 19.3 Å². The van der Waals surface area contributed by atoms with E-state index in [1.807, 2.05) is 0 Å². The number of carbonyl (C=O) groups is 1. The summed E-state index contributed by atoms with van der Waals surface area (Å²) in [7, 11) is 0. The van der Waals surface area contributed by atoms with Gasteiger partial charge in [0.2, 0.25) is 5.91 Å². The smallest absolute Gasteiger partial charge is 0.308 e. The average Bonchev–Trinajstić information content (AvgIpc) is 3.01. The van der Waals surface area contributed by atoms with Gasteiger partial charge in [-0.1, -0.05) is 17.7 Å². The first-order chi connectivity index (χ1) is 11.0. The number of fused-ring (bicyclic) bond motifs is 2. The van der Waals surface area contributed by atoms with Crippen LogP contribution in [0.2, 0.25) is 0 Å². The van der Waals surface area contributed by atoms with Gasteiger partial charge in [0.1, 0.15) is 6.04 Å². The summed E-state index contributed by atoms with van der Waals surface area (Å²) in [6, 6.07) is 2.32. The lowest BCUT2D eigenvalue weighted by molar-refractivity contribution is -0.301. The predicted molar refractivity (Wildman–Crippen MR) is 77.5 cm³/mol. The Morgan fingerprint density at radius 3 is 2.50 bits per heavy atom. The number of halogens is 5. The van der Waals surface area contributed by atoms with Crippen LogP contribution in [0.15, 0.2) is 35.5 Å². The van der Waals surface area contributed by atoms with Gasteiger partial charge in [0.25, 0.3) is 0 Å². The molecule has 0 N–H and O–H groups in total. The molecule has 2 heterocycles. The summed E-state index contributed by atoms with van der Waals surface area (Å²) < 4.78 is 67.8. The van der Waals surface area contributed by atoms with E-state index in [2.05, 4.69) is 4.99 Å². The lowest BCUT2D eigenvalue weighted by atomic mass is 9.74. The van der Waals surface area contributed by atoms with Crippen molar-refractivity contribution in [2.45, 2.75) is 37.4 Å². The molecule has 0 aliphatic carbocycles. The van der Waals surface area contributed by atoms with E-state index in [0.29, 0.717) is 16.2 Å². The van der Waals surface area contributed by atoms with Crippen LogP contribution in [0.25, 0.3) is 0 Å². The van der Waals surface area contributed by atoms with Crippen molar-refractivity contribution < 1.29 is 26.7 Å². The molecule has 0 aromatic heterocycles. The summed E-state index contributed by atoms with van der Waals surface area (Å²) >= 11 is 0. The fourth-order valence-electron chi connectivity index (χ4n) is 3.23. The molecule has 2 unspecified atom stereocenters. The van der Waals surface area contributed by atoms with E-state index in [9.17, 15) is 26.7 Å². The Labute approximate surface area is 134 Å². The maximum Gasteiger partial charge on any atom is 0.455 e. The second-order valence-electron chi connectivity index (χ2n) is 5.98. The lowest BCUT2D eigenvalue weighted by Crippen LogP contribution is -2.61. The number of aryl methyl sites for hydroxylation is 1. The summed E-state index contributed by atoms with van der Waals surface area (Å²) in [6.45, 7) is 2.65. The van der Waals surface area contributed by atoms with Crippen molar-refractivity contribution in [2.75, 3.05) is 0 Å². The monoisotopic (exact) mass is 344 g/mol. The molecule has 24 heavy (non-hydrogen) atoms. The highest BCUT2D eigenvalue weighted by Gasteiger charge is 2.71. The van der Waals surface area contributed by atoms with E-state index in [-0.39, 0.29) is 5.56 Å². The van der Waals surface area contributed by atoms with Gasteiger partial charge < -0.3 is 4.90 Å². The van der Waals surface area contributed by atoms with Gasteiger partial charge >= 0.3 is 12.1 Å². The molecule has 0 saturated carbocycles. The first-order valence-corrected chi connectivity index (χ1v) is 7.10. The third-order valence-corrected chi connectivity index (χ3v) is 4.36. The summed E-state index contributed by atoms with van der Waals surface area (Å²) in [5.74, 6) is -6.01. The quantitative estimate of drug-likeness (QED) is 0.712. The number of carbonyl (C=O) groups excluding carboxylic acids is 1. The number of amides is 1. The predicted octanol–water partition coefficient (Wildman–Crippen LogP) is 3.89. The van der Waals surface area contributed by atoms with E-state index >= 15 is 0 Å². The lowest BCUT2D eigenvalue weighted by Gasteiger charge is -2.39. The van der Waals surface area contributed by atoms with Crippen LogP contribution in [0, 0.1) is 6.92 Å². The van der Waals surface area contributed by atoms with Crippen LogP contribution in [-0.4, -0.2) is 35.2 Å². The summed E-state index contributed by atoms with van der Waals surface area (Å²) in [5.41, 5.74) is -0.566. The Kier molecular flexibility index (Phi) is 3.37. The highest BCUT2D eigenvalue weighted by molar-refractivity contribution is 5.91. The third-order valence-electron chi connectivity index (χ3n) is 4.36. The molecular formula is C16H13F5N2O. The normalized spacial score (nSPS) is 25.6. The standard InChI is InChI=1S/C16H13F5N2O/c1-9-3-4-12-11(7-9)14(8-22-12)5-6-23(10(2)24)13(14)15(17,18)16(19,20)21/h3-8,13H,1-2H3. The second-order valence-corrected chi connectivity index (χ2v) is 5.98. The number of benzene rings is 1. The summed E-state index contributed by atoms with van der Waals surface area (Å²) in [5, 5.41) is 0. The number of hydrogen-bond donors (Lipinski definition) is 0. The van der Waals surface area contributed by atoms with Crippen LogP contribution in [0.4, 0.5) is 27.6 Å². The zero-order chi connectivity index (χ0) is 17.9. The molecule has 0 bridgehead atoms. The Bertz CT molecular complexity index is 768. The van der Waals surface area contributed by atoms with Gasteiger partial charge in [-0.25, -0.2) is 0 Å². The van der Waals surface area contributed by atoms with Gasteiger partial charge in [0.05, 0.1) is 11.1 Å². The highest BCUT2D eigenvalue weighted by Crippen LogP contribution is 2.53. The maximum absolute atomic E-state index is 14.3. The fourth-order valence-corrected chi connectivity index (χ4v) is 3.23. The molecule has 2 aliphatic rings. The Morgan fingerprint density at radius 1 is 1.25 bits per heavy atom. The van der Waals surface area contributed by atoms with Crippen molar-refractivity contribution in [3.8, 4) is 0 Å². The van der Waals surface area contributed by atoms with Crippen LogP contribution in [0.3, 0.4) is 0 Å². The minimum atomic E-state index is -5.80. The SMILES string of the molecule is CC(=O)N1C=CC2(C=Nc3ccc(C)cc32)C1C(F)(F)C(F)(F)F. The molecule has 3 rings (SSSR count). The van der Waals surface area contributed by atoms with Gasteiger partial charge in [-0.2, -0.15) is 22.0 Å². The number of aliphatic imine (C=N–C) groups is 1. The molecule has 128 valence electrons. The maximum atomic E-state index is 14.3. The molecule has 1 aromatic carbocycles. The topological polar surface area (TPSA) is 32.7 Å². The van der Waals surface area contributed by atoms with Crippen molar-refractivity contribution in [1.82, 2.24) is 4.90 Å². The molecule has 1 amide bonds. The molecular weight excluding hydrogens is 331 g/mol. The van der Waals surface area contributed by atoms with Crippen LogP contribution in [0.5, 0.6) is 0 Å². The summed E-state index contributed by atoms with van der Waals surface area (Å²) in [6.07, 6.45) is -2.56. The van der Waals surface area contributed by atoms with Crippen molar-refractivity contribution in [2.24, 2.45) is 4.99 Å². The van der Waals surface area contributed by atoms with E-state index in [0.717, 1.165) is 19.3 Å². The van der Waals surface area contributed by atoms with Crippen LogP contribution in [-0.2, 0) is 10.2 Å². The number of hydrogen-bond acceptors (Lipinski definition) is 2. The third kappa shape index (κ3) is 2.08. The molecule has 2 aliphatic heterocycles. The second kappa shape index (κ2) is 4.87. The minimum absolute atomic E-state index is 0.233. The van der Waals surface area contributed by atoms with Crippen LogP contribution in [0.1, 0.15) is 18.1 Å². The van der Waals surface area contributed by atoms with E-state index in [4.69, 9.17) is 0 Å². The highest BCUT2D eigenvalue weighted by atomic mass is 19.4. The molecule has 0 radical (unpaired) electrons. The average molecular weight is 344 g/mol. The fraction of sp³-hybridized carbons (Fsp3) is 0.375. The molecule has 0 fully saturated rings. The van der Waals surface area contributed by atoms with E-state index in [1.165, 1.54) is 12.1 Å². The van der Waals surface area contributed by atoms with Gasteiger partial charge in [-0.3, -0.25) is 9.79 Å².